The zero-order valence-electron chi connectivity index (χ0n) is 9.67. The smallest absolute Gasteiger partial charge is 0.264 e. The van der Waals surface area contributed by atoms with Crippen molar-refractivity contribution in [1.29, 1.82) is 0 Å². The summed E-state index contributed by atoms with van der Waals surface area (Å²) in [5, 5.41) is 3.33. The van der Waals surface area contributed by atoms with E-state index in [1.807, 2.05) is 11.0 Å². The van der Waals surface area contributed by atoms with Crippen LogP contribution in [0.25, 0.3) is 0 Å². The fourth-order valence-corrected chi connectivity index (χ4v) is 4.09. The Morgan fingerprint density at radius 3 is 2.47 bits per heavy atom. The molecule has 1 aromatic rings. The summed E-state index contributed by atoms with van der Waals surface area (Å²) in [6.07, 6.45) is 0. The van der Waals surface area contributed by atoms with Gasteiger partial charge >= 0.3 is 0 Å². The van der Waals surface area contributed by atoms with Crippen molar-refractivity contribution in [3.8, 4) is 0 Å². The number of piperazine rings is 1. The quantitative estimate of drug-likeness (QED) is 0.810. The zero-order chi connectivity index (χ0) is 12.6. The van der Waals surface area contributed by atoms with Crippen LogP contribution in [0.15, 0.2) is 14.3 Å². The van der Waals surface area contributed by atoms with Crippen molar-refractivity contribution in [3.05, 3.63) is 19.2 Å². The topological polar surface area (TPSA) is 32.3 Å². The van der Waals surface area contributed by atoms with Gasteiger partial charge in [-0.1, -0.05) is 0 Å². The summed E-state index contributed by atoms with van der Waals surface area (Å²) in [6, 6.07) is 2.37. The molecule has 6 heteroatoms. The van der Waals surface area contributed by atoms with E-state index in [1.54, 1.807) is 0 Å². The van der Waals surface area contributed by atoms with Crippen molar-refractivity contribution in [1.82, 2.24) is 10.2 Å². The normalized spacial score (nSPS) is 25.1. The van der Waals surface area contributed by atoms with Crippen molar-refractivity contribution in [3.63, 3.8) is 0 Å². The van der Waals surface area contributed by atoms with Crippen LogP contribution >= 0.6 is 43.2 Å². The molecule has 3 nitrogen and oxygen atoms in total. The van der Waals surface area contributed by atoms with Gasteiger partial charge in [0.1, 0.15) is 0 Å². The molecule has 1 saturated heterocycles. The third-order valence-corrected chi connectivity index (χ3v) is 6.16. The van der Waals surface area contributed by atoms with Crippen LogP contribution in [0.4, 0.5) is 0 Å². The third kappa shape index (κ3) is 2.75. The summed E-state index contributed by atoms with van der Waals surface area (Å²) < 4.78 is 1.91. The molecule has 0 aliphatic carbocycles. The monoisotopic (exact) mass is 380 g/mol. The molecule has 0 spiro atoms. The minimum atomic E-state index is 0.128. The van der Waals surface area contributed by atoms with Gasteiger partial charge in [0.05, 0.1) is 8.66 Å². The average molecular weight is 382 g/mol. The van der Waals surface area contributed by atoms with Crippen molar-refractivity contribution in [2.75, 3.05) is 13.1 Å². The number of hydrogen-bond donors (Lipinski definition) is 1. The Morgan fingerprint density at radius 2 is 2.00 bits per heavy atom. The van der Waals surface area contributed by atoms with Crippen LogP contribution in [0, 0.1) is 0 Å². The number of nitrogens with one attached hydrogen (secondary N) is 1. The highest BCUT2D eigenvalue weighted by Gasteiger charge is 2.30. The first kappa shape index (κ1) is 13.5. The van der Waals surface area contributed by atoms with Crippen LogP contribution in [-0.4, -0.2) is 36.0 Å². The maximum Gasteiger partial charge on any atom is 0.264 e. The van der Waals surface area contributed by atoms with E-state index >= 15 is 0 Å². The Morgan fingerprint density at radius 1 is 1.41 bits per heavy atom. The highest BCUT2D eigenvalue weighted by Crippen LogP contribution is 2.33. The van der Waals surface area contributed by atoms with Crippen molar-refractivity contribution < 1.29 is 4.79 Å². The molecule has 17 heavy (non-hydrogen) atoms. The summed E-state index contributed by atoms with van der Waals surface area (Å²) in [7, 11) is 0. The minimum Gasteiger partial charge on any atom is -0.330 e. The van der Waals surface area contributed by atoms with Gasteiger partial charge in [-0.05, 0) is 51.8 Å². The maximum atomic E-state index is 12.5. The fraction of sp³-hybridized carbons (Fsp3) is 0.545. The number of carbonyl (C=O) groups excluding carboxylic acids is 1. The van der Waals surface area contributed by atoms with Crippen LogP contribution in [-0.2, 0) is 0 Å². The first-order valence-electron chi connectivity index (χ1n) is 5.49. The molecule has 2 rings (SSSR count). The Bertz CT molecular complexity index is 406. The molecule has 1 amide bonds. The van der Waals surface area contributed by atoms with Crippen LogP contribution in [0.1, 0.15) is 23.5 Å². The van der Waals surface area contributed by atoms with Crippen molar-refractivity contribution in [2.45, 2.75) is 25.9 Å². The van der Waals surface area contributed by atoms with E-state index in [-0.39, 0.29) is 18.0 Å². The van der Waals surface area contributed by atoms with Gasteiger partial charge in [0, 0.05) is 29.6 Å². The van der Waals surface area contributed by atoms with Gasteiger partial charge in [-0.3, -0.25) is 4.79 Å². The Balaban J connectivity index is 2.23. The predicted molar refractivity (Wildman–Crippen MR) is 77.7 cm³/mol. The van der Waals surface area contributed by atoms with E-state index < -0.39 is 0 Å². The summed E-state index contributed by atoms with van der Waals surface area (Å²) >= 11 is 8.32. The molecule has 0 aromatic carbocycles. The van der Waals surface area contributed by atoms with Gasteiger partial charge < -0.3 is 10.2 Å². The largest absolute Gasteiger partial charge is 0.330 e. The van der Waals surface area contributed by atoms with Crippen LogP contribution in [0.2, 0.25) is 0 Å². The second-order valence-electron chi connectivity index (χ2n) is 4.30. The molecule has 0 bridgehead atoms. The lowest BCUT2D eigenvalue weighted by Crippen LogP contribution is -2.57. The third-order valence-electron chi connectivity index (χ3n) is 2.92. The van der Waals surface area contributed by atoms with E-state index in [4.69, 9.17) is 0 Å². The summed E-state index contributed by atoms with van der Waals surface area (Å²) in [4.78, 5) is 15.2. The molecule has 1 aliphatic heterocycles. The molecule has 2 heterocycles. The maximum absolute atomic E-state index is 12.5. The summed E-state index contributed by atoms with van der Waals surface area (Å²) in [5.41, 5.74) is 0. The number of halogens is 2. The van der Waals surface area contributed by atoms with E-state index in [0.717, 1.165) is 26.2 Å². The van der Waals surface area contributed by atoms with E-state index in [0.29, 0.717) is 0 Å². The molecule has 1 aliphatic rings. The molecule has 2 atom stereocenters. The van der Waals surface area contributed by atoms with Gasteiger partial charge in [-0.15, -0.1) is 11.3 Å². The molecule has 1 N–H and O–H groups in total. The lowest BCUT2D eigenvalue weighted by Gasteiger charge is -2.39. The van der Waals surface area contributed by atoms with E-state index in [9.17, 15) is 4.79 Å². The van der Waals surface area contributed by atoms with E-state index in [1.165, 1.54) is 11.3 Å². The lowest BCUT2D eigenvalue weighted by molar-refractivity contribution is 0.0549. The fourth-order valence-electron chi connectivity index (χ4n) is 2.11. The number of thiophene rings is 1. The van der Waals surface area contributed by atoms with Gasteiger partial charge in [-0.25, -0.2) is 0 Å². The van der Waals surface area contributed by atoms with Crippen LogP contribution in [0.3, 0.4) is 0 Å². The van der Waals surface area contributed by atoms with Crippen LogP contribution < -0.4 is 5.32 Å². The number of amides is 1. The molecule has 0 saturated carbocycles. The molecule has 94 valence electrons. The Hall–Kier alpha value is 0.0900. The highest BCUT2D eigenvalue weighted by atomic mass is 79.9. The molecule has 2 unspecified atom stereocenters. The number of nitrogens with zero attached hydrogens (tertiary/aromatic N) is 1. The second kappa shape index (κ2) is 5.38. The molecule has 1 fully saturated rings. The molecule has 1 aromatic heterocycles. The van der Waals surface area contributed by atoms with Crippen LogP contribution in [0.5, 0.6) is 0 Å². The Kier molecular flexibility index (Phi) is 4.28. The first-order valence-corrected chi connectivity index (χ1v) is 7.89. The molecule has 0 radical (unpaired) electrons. The van der Waals surface area contributed by atoms with Gasteiger partial charge in [0.25, 0.3) is 5.91 Å². The minimum absolute atomic E-state index is 0.128. The zero-order valence-corrected chi connectivity index (χ0v) is 13.7. The Labute approximate surface area is 122 Å². The average Bonchev–Trinajstić information content (AvgIpc) is 2.59. The summed E-state index contributed by atoms with van der Waals surface area (Å²) in [5.74, 6) is 0.128. The first-order chi connectivity index (χ1) is 8.00. The van der Waals surface area contributed by atoms with Crippen molar-refractivity contribution >= 4 is 49.1 Å². The number of carbonyl (C=O) groups is 1. The molecular weight excluding hydrogens is 368 g/mol. The van der Waals surface area contributed by atoms with Gasteiger partial charge in [-0.2, -0.15) is 0 Å². The second-order valence-corrected chi connectivity index (χ2v) is 7.53. The standard InChI is InChI=1S/C11H14Br2N2OS/c1-6-4-14-5-7(2)15(6)11(16)9-3-8(12)10(13)17-9/h3,6-7,14H,4-5H2,1-2H3. The number of rotatable bonds is 1. The predicted octanol–water partition coefficient (Wildman–Crippen LogP) is 3.10. The van der Waals surface area contributed by atoms with Crippen molar-refractivity contribution in [2.24, 2.45) is 0 Å². The summed E-state index contributed by atoms with van der Waals surface area (Å²) in [6.45, 7) is 5.89. The highest BCUT2D eigenvalue weighted by molar-refractivity contribution is 9.13. The SMILES string of the molecule is CC1CNCC(C)N1C(=O)c1cc(Br)c(Br)s1. The lowest BCUT2D eigenvalue weighted by atomic mass is 10.1. The van der Waals surface area contributed by atoms with Gasteiger partial charge in [0.2, 0.25) is 0 Å². The van der Waals surface area contributed by atoms with Gasteiger partial charge in [0.15, 0.2) is 0 Å². The molecular formula is C11H14Br2N2OS. The number of hydrogen-bond acceptors (Lipinski definition) is 3. The van der Waals surface area contributed by atoms with E-state index in [2.05, 4.69) is 51.0 Å².